The van der Waals surface area contributed by atoms with Crippen molar-refractivity contribution in [3.63, 3.8) is 0 Å². The minimum absolute atomic E-state index is 0.0434. The first-order valence-corrected chi connectivity index (χ1v) is 3.96. The number of hydrogen-bond acceptors (Lipinski definition) is 2. The van der Waals surface area contributed by atoms with E-state index in [9.17, 15) is 9.59 Å². The molecule has 1 amide bonds. The maximum absolute atomic E-state index is 10.6. The molecule has 1 unspecified atom stereocenters. The summed E-state index contributed by atoms with van der Waals surface area (Å²) in [5, 5.41) is 8.70. The van der Waals surface area contributed by atoms with Gasteiger partial charge in [0, 0.05) is 6.42 Å². The molecule has 0 aliphatic heterocycles. The Morgan fingerprint density at radius 3 is 2.17 bits per heavy atom. The normalized spacial score (nSPS) is 12.9. The summed E-state index contributed by atoms with van der Waals surface area (Å²) >= 11 is 0. The molecular weight excluding hydrogens is 158 g/mol. The van der Waals surface area contributed by atoms with Crippen LogP contribution in [0.2, 0.25) is 0 Å². The zero-order valence-electron chi connectivity index (χ0n) is 7.41. The average molecular weight is 173 g/mol. The van der Waals surface area contributed by atoms with E-state index in [1.54, 1.807) is 0 Å². The first kappa shape index (κ1) is 10.9. The van der Waals surface area contributed by atoms with Crippen molar-refractivity contribution in [3.8, 4) is 0 Å². The molecule has 0 bridgehead atoms. The van der Waals surface area contributed by atoms with Gasteiger partial charge < -0.3 is 10.8 Å². The highest BCUT2D eigenvalue weighted by molar-refractivity contribution is 5.75. The predicted octanol–water partition coefficient (Wildman–Crippen LogP) is 0.609. The number of carboxylic acid groups (broad SMARTS) is 1. The van der Waals surface area contributed by atoms with Crippen LogP contribution in [-0.2, 0) is 9.59 Å². The number of carboxylic acids is 1. The summed E-state index contributed by atoms with van der Waals surface area (Å²) in [5.74, 6) is -1.72. The maximum Gasteiger partial charge on any atom is 0.306 e. The predicted molar refractivity (Wildman–Crippen MR) is 44.4 cm³/mol. The number of carbonyl (C=O) groups excluding carboxylic acids is 1. The lowest BCUT2D eigenvalue weighted by Crippen LogP contribution is -2.22. The van der Waals surface area contributed by atoms with E-state index in [0.29, 0.717) is 6.42 Å². The topological polar surface area (TPSA) is 80.4 Å². The Hall–Kier alpha value is -1.06. The fourth-order valence-electron chi connectivity index (χ4n) is 1.04. The highest BCUT2D eigenvalue weighted by Crippen LogP contribution is 2.16. The molecule has 0 saturated carbocycles. The third-order valence-electron chi connectivity index (χ3n) is 1.82. The number of primary amides is 1. The first-order valence-electron chi connectivity index (χ1n) is 3.96. The first-order chi connectivity index (χ1) is 5.45. The van der Waals surface area contributed by atoms with E-state index in [-0.39, 0.29) is 12.3 Å². The van der Waals surface area contributed by atoms with Crippen LogP contribution in [0.3, 0.4) is 0 Å². The second-order valence-corrected chi connectivity index (χ2v) is 3.19. The molecule has 0 radical (unpaired) electrons. The lowest BCUT2D eigenvalue weighted by Gasteiger charge is -2.14. The highest BCUT2D eigenvalue weighted by Gasteiger charge is 2.21. The van der Waals surface area contributed by atoms with Crippen LogP contribution < -0.4 is 5.73 Å². The van der Waals surface area contributed by atoms with E-state index in [1.165, 1.54) is 0 Å². The van der Waals surface area contributed by atoms with Crippen LogP contribution in [-0.4, -0.2) is 17.0 Å². The minimum Gasteiger partial charge on any atom is -0.481 e. The summed E-state index contributed by atoms with van der Waals surface area (Å²) in [7, 11) is 0. The van der Waals surface area contributed by atoms with Crippen molar-refractivity contribution in [2.24, 2.45) is 17.6 Å². The Morgan fingerprint density at radius 1 is 1.42 bits per heavy atom. The molecule has 4 heteroatoms. The second kappa shape index (κ2) is 4.74. The quantitative estimate of drug-likeness (QED) is 0.639. The summed E-state index contributed by atoms with van der Waals surface area (Å²) < 4.78 is 0. The van der Waals surface area contributed by atoms with Crippen molar-refractivity contribution in [1.29, 1.82) is 0 Å². The van der Waals surface area contributed by atoms with Crippen LogP contribution in [0.5, 0.6) is 0 Å². The van der Waals surface area contributed by atoms with Crippen molar-refractivity contribution < 1.29 is 14.7 Å². The molecule has 0 spiro atoms. The van der Waals surface area contributed by atoms with Gasteiger partial charge in [0.1, 0.15) is 0 Å². The molecule has 70 valence electrons. The molecule has 0 aliphatic rings. The molecular formula is C8H15NO3. The maximum atomic E-state index is 10.6. The van der Waals surface area contributed by atoms with E-state index in [4.69, 9.17) is 10.8 Å². The van der Waals surface area contributed by atoms with Gasteiger partial charge in [0.25, 0.3) is 0 Å². The van der Waals surface area contributed by atoms with E-state index >= 15 is 0 Å². The van der Waals surface area contributed by atoms with Crippen molar-refractivity contribution in [1.82, 2.24) is 0 Å². The molecule has 0 rings (SSSR count). The van der Waals surface area contributed by atoms with Gasteiger partial charge in [-0.3, -0.25) is 9.59 Å². The molecule has 0 fully saturated rings. The van der Waals surface area contributed by atoms with Gasteiger partial charge in [-0.05, 0) is 12.3 Å². The summed E-state index contributed by atoms with van der Waals surface area (Å²) in [6, 6.07) is 0. The Kier molecular flexibility index (Phi) is 4.33. The van der Waals surface area contributed by atoms with Gasteiger partial charge in [-0.1, -0.05) is 13.8 Å². The summed E-state index contributed by atoms with van der Waals surface area (Å²) in [6.45, 7) is 3.64. The zero-order chi connectivity index (χ0) is 9.72. The van der Waals surface area contributed by atoms with Crippen LogP contribution in [0.15, 0.2) is 0 Å². The van der Waals surface area contributed by atoms with Crippen LogP contribution in [0.25, 0.3) is 0 Å². The van der Waals surface area contributed by atoms with E-state index in [0.717, 1.165) is 0 Å². The Morgan fingerprint density at radius 2 is 1.92 bits per heavy atom. The van der Waals surface area contributed by atoms with Crippen molar-refractivity contribution >= 4 is 11.9 Å². The highest BCUT2D eigenvalue weighted by atomic mass is 16.4. The van der Waals surface area contributed by atoms with Crippen LogP contribution in [0.1, 0.15) is 26.7 Å². The van der Waals surface area contributed by atoms with E-state index in [1.807, 2.05) is 13.8 Å². The Bertz CT molecular complexity index is 177. The lowest BCUT2D eigenvalue weighted by atomic mass is 9.91. The van der Waals surface area contributed by atoms with Gasteiger partial charge in [0.2, 0.25) is 5.91 Å². The number of rotatable bonds is 5. The second-order valence-electron chi connectivity index (χ2n) is 3.19. The van der Waals surface area contributed by atoms with Gasteiger partial charge in [-0.2, -0.15) is 0 Å². The number of amides is 1. The molecule has 0 aliphatic carbocycles. The van der Waals surface area contributed by atoms with Crippen LogP contribution in [0, 0.1) is 11.8 Å². The standard InChI is InChI=1S/C8H15NO3/c1-5(2)6(8(11)12)3-4-7(9)10/h5-6H,3-4H2,1-2H3,(H2,9,10)(H,11,12). The van der Waals surface area contributed by atoms with Gasteiger partial charge in [0.05, 0.1) is 5.92 Å². The number of aliphatic carboxylic acids is 1. The number of hydrogen-bond donors (Lipinski definition) is 2. The Labute approximate surface area is 71.8 Å². The molecule has 12 heavy (non-hydrogen) atoms. The smallest absolute Gasteiger partial charge is 0.306 e. The molecule has 0 aromatic carbocycles. The zero-order valence-corrected chi connectivity index (χ0v) is 7.41. The fraction of sp³-hybridized carbons (Fsp3) is 0.750. The summed E-state index contributed by atoms with van der Waals surface area (Å²) in [6.07, 6.45) is 0.484. The third kappa shape index (κ3) is 3.95. The molecule has 0 aromatic rings. The van der Waals surface area contributed by atoms with Crippen molar-refractivity contribution in [2.75, 3.05) is 0 Å². The van der Waals surface area contributed by atoms with Gasteiger partial charge in [-0.25, -0.2) is 0 Å². The van der Waals surface area contributed by atoms with Crippen molar-refractivity contribution in [2.45, 2.75) is 26.7 Å². The average Bonchev–Trinajstić information content (AvgIpc) is 1.84. The monoisotopic (exact) mass is 173 g/mol. The van der Waals surface area contributed by atoms with Gasteiger partial charge >= 0.3 is 5.97 Å². The lowest BCUT2D eigenvalue weighted by molar-refractivity contribution is -0.143. The third-order valence-corrected chi connectivity index (χ3v) is 1.82. The molecule has 0 aromatic heterocycles. The minimum atomic E-state index is -0.855. The number of nitrogens with two attached hydrogens (primary N) is 1. The van der Waals surface area contributed by atoms with E-state index in [2.05, 4.69) is 0 Å². The fourth-order valence-corrected chi connectivity index (χ4v) is 1.04. The summed E-state index contributed by atoms with van der Waals surface area (Å²) in [5.41, 5.74) is 4.91. The van der Waals surface area contributed by atoms with Crippen LogP contribution >= 0.6 is 0 Å². The Balaban J connectivity index is 3.97. The number of carbonyl (C=O) groups is 2. The SMILES string of the molecule is CC(C)C(CCC(N)=O)C(=O)O. The van der Waals surface area contributed by atoms with Gasteiger partial charge in [0.15, 0.2) is 0 Å². The van der Waals surface area contributed by atoms with Gasteiger partial charge in [-0.15, -0.1) is 0 Å². The molecule has 4 nitrogen and oxygen atoms in total. The van der Waals surface area contributed by atoms with Crippen molar-refractivity contribution in [3.05, 3.63) is 0 Å². The molecule has 3 N–H and O–H groups in total. The molecule has 0 saturated heterocycles. The molecule has 0 heterocycles. The largest absolute Gasteiger partial charge is 0.481 e. The van der Waals surface area contributed by atoms with E-state index < -0.39 is 17.8 Å². The van der Waals surface area contributed by atoms with Crippen LogP contribution in [0.4, 0.5) is 0 Å². The molecule has 1 atom stereocenters. The summed E-state index contributed by atoms with van der Waals surface area (Å²) in [4.78, 5) is 21.0.